The van der Waals surface area contributed by atoms with E-state index < -0.39 is 0 Å². The summed E-state index contributed by atoms with van der Waals surface area (Å²) < 4.78 is 0. The van der Waals surface area contributed by atoms with E-state index >= 15 is 0 Å². The highest BCUT2D eigenvalue weighted by molar-refractivity contribution is 5.99. The molecule has 4 N–H and O–H groups in total. The molecule has 0 fully saturated rings. The molecule has 0 unspecified atom stereocenters. The molecule has 0 aromatic heterocycles. The Morgan fingerprint density at radius 3 is 2.63 bits per heavy atom. The standard InChI is InChI=1S/C14H21N3O2/c1-9(2)17-12(18)7-8-16-14(19)11-6-4-5-10(3)13(11)15/h4-6,9H,7-8,15H2,1-3H3,(H,16,19)(H,17,18). The van der Waals surface area contributed by atoms with E-state index in [0.717, 1.165) is 5.56 Å². The number of carbonyl (C=O) groups is 2. The van der Waals surface area contributed by atoms with E-state index in [-0.39, 0.29) is 24.3 Å². The number of anilines is 1. The van der Waals surface area contributed by atoms with Crippen LogP contribution in [0.5, 0.6) is 0 Å². The van der Waals surface area contributed by atoms with Gasteiger partial charge in [-0.05, 0) is 32.4 Å². The van der Waals surface area contributed by atoms with Gasteiger partial charge >= 0.3 is 0 Å². The fraction of sp³-hybridized carbons (Fsp3) is 0.429. The van der Waals surface area contributed by atoms with E-state index in [1.165, 1.54) is 0 Å². The van der Waals surface area contributed by atoms with Gasteiger partial charge in [0.05, 0.1) is 5.56 Å². The fourth-order valence-corrected chi connectivity index (χ4v) is 1.66. The first-order chi connectivity index (χ1) is 8.91. The Labute approximate surface area is 113 Å². The topological polar surface area (TPSA) is 84.2 Å². The second kappa shape index (κ2) is 6.78. The van der Waals surface area contributed by atoms with Crippen molar-refractivity contribution in [1.29, 1.82) is 0 Å². The molecule has 0 spiro atoms. The number of hydrogen-bond acceptors (Lipinski definition) is 3. The van der Waals surface area contributed by atoms with Gasteiger partial charge in [-0.2, -0.15) is 0 Å². The van der Waals surface area contributed by atoms with Gasteiger partial charge in [-0.3, -0.25) is 9.59 Å². The molecule has 0 aliphatic rings. The summed E-state index contributed by atoms with van der Waals surface area (Å²) in [4.78, 5) is 23.3. The molecule has 0 aliphatic heterocycles. The minimum absolute atomic E-state index is 0.0764. The number of nitrogens with one attached hydrogen (secondary N) is 2. The number of nitrogen functional groups attached to an aromatic ring is 1. The van der Waals surface area contributed by atoms with Crippen molar-refractivity contribution in [2.24, 2.45) is 0 Å². The lowest BCUT2D eigenvalue weighted by molar-refractivity contribution is -0.121. The van der Waals surface area contributed by atoms with Gasteiger partial charge in [-0.25, -0.2) is 0 Å². The molecule has 2 amide bonds. The quantitative estimate of drug-likeness (QED) is 0.698. The Balaban J connectivity index is 2.48. The number of benzene rings is 1. The number of para-hydroxylation sites is 1. The van der Waals surface area contributed by atoms with Crippen molar-refractivity contribution < 1.29 is 9.59 Å². The van der Waals surface area contributed by atoms with E-state index in [2.05, 4.69) is 10.6 Å². The number of rotatable bonds is 5. The Bertz CT molecular complexity index is 470. The monoisotopic (exact) mass is 263 g/mol. The van der Waals surface area contributed by atoms with Gasteiger partial charge in [0.15, 0.2) is 0 Å². The van der Waals surface area contributed by atoms with Crippen molar-refractivity contribution in [3.05, 3.63) is 29.3 Å². The summed E-state index contributed by atoms with van der Waals surface area (Å²) in [6.07, 6.45) is 0.260. The molecule has 0 aliphatic carbocycles. The van der Waals surface area contributed by atoms with Crippen LogP contribution in [0.15, 0.2) is 18.2 Å². The van der Waals surface area contributed by atoms with Crippen LogP contribution in [-0.2, 0) is 4.79 Å². The van der Waals surface area contributed by atoms with Gasteiger partial charge < -0.3 is 16.4 Å². The zero-order chi connectivity index (χ0) is 14.4. The lowest BCUT2D eigenvalue weighted by Crippen LogP contribution is -2.34. The van der Waals surface area contributed by atoms with E-state index in [1.807, 2.05) is 26.8 Å². The molecule has 104 valence electrons. The maximum Gasteiger partial charge on any atom is 0.253 e. The molecule has 1 aromatic carbocycles. The number of amides is 2. The predicted molar refractivity (Wildman–Crippen MR) is 75.8 cm³/mol. The van der Waals surface area contributed by atoms with Crippen molar-refractivity contribution in [3.63, 3.8) is 0 Å². The van der Waals surface area contributed by atoms with Crippen LogP contribution < -0.4 is 16.4 Å². The molecular formula is C14H21N3O2. The Morgan fingerprint density at radius 2 is 2.00 bits per heavy atom. The SMILES string of the molecule is Cc1cccc(C(=O)NCCC(=O)NC(C)C)c1N. The lowest BCUT2D eigenvalue weighted by atomic mass is 10.1. The minimum Gasteiger partial charge on any atom is -0.398 e. The summed E-state index contributed by atoms with van der Waals surface area (Å²) in [7, 11) is 0. The number of carbonyl (C=O) groups excluding carboxylic acids is 2. The molecule has 0 heterocycles. The van der Waals surface area contributed by atoms with E-state index in [4.69, 9.17) is 5.73 Å². The van der Waals surface area contributed by atoms with E-state index in [9.17, 15) is 9.59 Å². The zero-order valence-electron chi connectivity index (χ0n) is 11.6. The molecule has 0 atom stereocenters. The van der Waals surface area contributed by atoms with Crippen molar-refractivity contribution in [1.82, 2.24) is 10.6 Å². The first kappa shape index (κ1) is 15.0. The maximum absolute atomic E-state index is 11.9. The zero-order valence-corrected chi connectivity index (χ0v) is 11.6. The van der Waals surface area contributed by atoms with Gasteiger partial charge in [-0.15, -0.1) is 0 Å². The van der Waals surface area contributed by atoms with Crippen LogP contribution in [0.2, 0.25) is 0 Å². The second-order valence-corrected chi connectivity index (χ2v) is 4.76. The van der Waals surface area contributed by atoms with Crippen LogP contribution in [0.1, 0.15) is 36.2 Å². The summed E-state index contributed by atoms with van der Waals surface area (Å²) in [6, 6.07) is 5.41. The largest absolute Gasteiger partial charge is 0.398 e. The van der Waals surface area contributed by atoms with Crippen LogP contribution in [0, 0.1) is 6.92 Å². The normalized spacial score (nSPS) is 10.3. The third-order valence-electron chi connectivity index (χ3n) is 2.66. The van der Waals surface area contributed by atoms with Crippen LogP contribution >= 0.6 is 0 Å². The smallest absolute Gasteiger partial charge is 0.253 e. The molecule has 19 heavy (non-hydrogen) atoms. The molecule has 1 rings (SSSR count). The summed E-state index contributed by atoms with van der Waals surface area (Å²) in [5.41, 5.74) is 7.63. The number of hydrogen-bond donors (Lipinski definition) is 3. The van der Waals surface area contributed by atoms with Gasteiger partial charge in [0.2, 0.25) is 5.91 Å². The molecule has 0 bridgehead atoms. The first-order valence-corrected chi connectivity index (χ1v) is 6.34. The number of nitrogens with two attached hydrogens (primary N) is 1. The van der Waals surface area contributed by atoms with E-state index in [1.54, 1.807) is 12.1 Å². The summed E-state index contributed by atoms with van der Waals surface area (Å²) >= 11 is 0. The molecule has 0 radical (unpaired) electrons. The van der Waals surface area contributed by atoms with Crippen LogP contribution in [0.25, 0.3) is 0 Å². The number of aryl methyl sites for hydroxylation is 1. The van der Waals surface area contributed by atoms with Crippen LogP contribution in [0.4, 0.5) is 5.69 Å². The average Bonchev–Trinajstić information content (AvgIpc) is 2.31. The molecule has 5 heteroatoms. The lowest BCUT2D eigenvalue weighted by Gasteiger charge is -2.10. The van der Waals surface area contributed by atoms with Gasteiger partial charge in [0.1, 0.15) is 0 Å². The van der Waals surface area contributed by atoms with Crippen molar-refractivity contribution >= 4 is 17.5 Å². The highest BCUT2D eigenvalue weighted by Gasteiger charge is 2.11. The Morgan fingerprint density at radius 1 is 1.32 bits per heavy atom. The molecule has 0 saturated carbocycles. The molecule has 0 saturated heterocycles. The fourth-order valence-electron chi connectivity index (χ4n) is 1.66. The molecular weight excluding hydrogens is 242 g/mol. The third kappa shape index (κ3) is 4.62. The molecule has 5 nitrogen and oxygen atoms in total. The third-order valence-corrected chi connectivity index (χ3v) is 2.66. The van der Waals surface area contributed by atoms with Crippen molar-refractivity contribution in [3.8, 4) is 0 Å². The first-order valence-electron chi connectivity index (χ1n) is 6.34. The maximum atomic E-state index is 11.9. The Kier molecular flexibility index (Phi) is 5.36. The minimum atomic E-state index is -0.251. The highest BCUT2D eigenvalue weighted by atomic mass is 16.2. The summed E-state index contributed by atoms with van der Waals surface area (Å²) in [5, 5.41) is 5.45. The highest BCUT2D eigenvalue weighted by Crippen LogP contribution is 2.15. The van der Waals surface area contributed by atoms with Gasteiger partial charge in [-0.1, -0.05) is 12.1 Å². The van der Waals surface area contributed by atoms with Gasteiger partial charge in [0.25, 0.3) is 5.91 Å². The second-order valence-electron chi connectivity index (χ2n) is 4.76. The predicted octanol–water partition coefficient (Wildman–Crippen LogP) is 1.22. The average molecular weight is 263 g/mol. The van der Waals surface area contributed by atoms with Crippen LogP contribution in [0.3, 0.4) is 0 Å². The van der Waals surface area contributed by atoms with Crippen molar-refractivity contribution in [2.45, 2.75) is 33.2 Å². The Hall–Kier alpha value is -2.04. The summed E-state index contributed by atoms with van der Waals surface area (Å²) in [6.45, 7) is 5.93. The van der Waals surface area contributed by atoms with E-state index in [0.29, 0.717) is 17.8 Å². The summed E-state index contributed by atoms with van der Waals surface area (Å²) in [5.74, 6) is -0.328. The van der Waals surface area contributed by atoms with Crippen LogP contribution in [-0.4, -0.2) is 24.4 Å². The van der Waals surface area contributed by atoms with Crippen molar-refractivity contribution in [2.75, 3.05) is 12.3 Å². The molecule has 1 aromatic rings. The van der Waals surface area contributed by atoms with Gasteiger partial charge in [0, 0.05) is 24.7 Å².